The Balaban J connectivity index is 1.42. The average molecular weight is 457 g/mol. The molecular weight excluding hydrogens is 435 g/mol. The minimum atomic E-state index is 0.272. The fourth-order valence-electron chi connectivity index (χ4n) is 4.07. The van der Waals surface area contributed by atoms with Crippen molar-refractivity contribution in [2.75, 3.05) is 11.1 Å². The van der Waals surface area contributed by atoms with Crippen molar-refractivity contribution in [3.8, 4) is 5.69 Å². The molecule has 5 N–H and O–H groups in total. The number of nitrogens with two attached hydrogens (primary N) is 2. The number of hydrogen-bond donors (Lipinski definition) is 3. The molecule has 1 fully saturated rings. The first-order valence-electron chi connectivity index (χ1n) is 10.1. The van der Waals surface area contributed by atoms with Gasteiger partial charge >= 0.3 is 0 Å². The molecule has 1 aromatic carbocycles. The molecule has 0 saturated heterocycles. The second-order valence-electron chi connectivity index (χ2n) is 7.90. The molecule has 1 aliphatic carbocycles. The summed E-state index contributed by atoms with van der Waals surface area (Å²) in [6.45, 7) is 0. The van der Waals surface area contributed by atoms with Crippen molar-refractivity contribution >= 4 is 46.0 Å². The van der Waals surface area contributed by atoms with E-state index in [4.69, 9.17) is 39.7 Å². The fourth-order valence-corrected chi connectivity index (χ4v) is 4.40. The highest BCUT2D eigenvalue weighted by molar-refractivity contribution is 6.40. The van der Waals surface area contributed by atoms with Crippen molar-refractivity contribution < 1.29 is 0 Å². The van der Waals surface area contributed by atoms with Crippen LogP contribution in [0.3, 0.4) is 0 Å². The van der Waals surface area contributed by atoms with E-state index in [1.165, 1.54) is 0 Å². The van der Waals surface area contributed by atoms with Gasteiger partial charge in [-0.3, -0.25) is 4.57 Å². The largest absolute Gasteiger partial charge is 0.382 e. The van der Waals surface area contributed by atoms with Gasteiger partial charge in [0.2, 0.25) is 0 Å². The number of hydrogen-bond acceptors (Lipinski definition) is 6. The number of rotatable bonds is 4. The van der Waals surface area contributed by atoms with Gasteiger partial charge in [-0.25, -0.2) is 14.5 Å². The lowest BCUT2D eigenvalue weighted by Crippen LogP contribution is -2.25. The van der Waals surface area contributed by atoms with Gasteiger partial charge in [0.1, 0.15) is 12.1 Å². The first kappa shape index (κ1) is 20.1. The van der Waals surface area contributed by atoms with E-state index in [0.29, 0.717) is 22.9 Å². The summed E-state index contributed by atoms with van der Waals surface area (Å²) in [5, 5.41) is 8.45. The minimum Gasteiger partial charge on any atom is -0.382 e. The molecule has 3 heterocycles. The summed E-state index contributed by atoms with van der Waals surface area (Å²) in [7, 11) is 0. The Morgan fingerprint density at radius 3 is 2.48 bits per heavy atom. The van der Waals surface area contributed by atoms with Gasteiger partial charge in [0.25, 0.3) is 0 Å². The predicted molar refractivity (Wildman–Crippen MR) is 123 cm³/mol. The normalized spacial score (nSPS) is 19.1. The monoisotopic (exact) mass is 456 g/mol. The van der Waals surface area contributed by atoms with Gasteiger partial charge in [0.05, 0.1) is 17.6 Å². The number of fused-ring (bicyclic) bond motifs is 1. The van der Waals surface area contributed by atoms with Gasteiger partial charge in [-0.05, 0) is 49.9 Å². The van der Waals surface area contributed by atoms with Crippen LogP contribution in [0.2, 0.25) is 10.3 Å². The van der Waals surface area contributed by atoms with Crippen LogP contribution < -0.4 is 16.8 Å². The highest BCUT2D eigenvalue weighted by Gasteiger charge is 2.23. The van der Waals surface area contributed by atoms with E-state index in [1.807, 2.05) is 30.5 Å². The minimum absolute atomic E-state index is 0.272. The molecule has 4 aromatic rings. The highest BCUT2D eigenvalue weighted by Crippen LogP contribution is 2.33. The van der Waals surface area contributed by atoms with Gasteiger partial charge in [-0.2, -0.15) is 0 Å². The molecule has 0 unspecified atom stereocenters. The summed E-state index contributed by atoms with van der Waals surface area (Å²) in [6.07, 6.45) is 7.71. The molecule has 0 radical (unpaired) electrons. The average Bonchev–Trinajstić information content (AvgIpc) is 3.33. The summed E-state index contributed by atoms with van der Waals surface area (Å²) >= 11 is 12.1. The quantitative estimate of drug-likeness (QED) is 0.415. The van der Waals surface area contributed by atoms with Crippen LogP contribution in [0.25, 0.3) is 11.3 Å². The zero-order valence-electron chi connectivity index (χ0n) is 16.7. The maximum absolute atomic E-state index is 6.18. The lowest BCUT2D eigenvalue weighted by molar-refractivity contribution is 0.391. The van der Waals surface area contributed by atoms with Crippen LogP contribution in [0.5, 0.6) is 0 Å². The molecule has 0 atom stereocenters. The molecule has 0 aliphatic heterocycles. The number of nitrogen functional groups attached to an aromatic ring is 1. The standard InChI is InChI=1S/C21H22Cl2N8/c22-19-20(23)30(11-26-19)15-7-5-14(6-8-15)27-16-9-18(25)29-31-10-17(28-21(16)31)12-1-3-13(24)4-2-12/h5-13,27H,1-4,24H2,(H2,25,29). The maximum atomic E-state index is 6.18. The first-order chi connectivity index (χ1) is 15.0. The van der Waals surface area contributed by atoms with E-state index in [9.17, 15) is 0 Å². The molecule has 160 valence electrons. The van der Waals surface area contributed by atoms with Crippen molar-refractivity contribution in [3.05, 3.63) is 58.9 Å². The van der Waals surface area contributed by atoms with Crippen LogP contribution in [-0.4, -0.2) is 30.2 Å². The van der Waals surface area contributed by atoms with E-state index >= 15 is 0 Å². The number of anilines is 3. The van der Waals surface area contributed by atoms with Crippen LogP contribution in [0.4, 0.5) is 17.2 Å². The number of nitrogens with zero attached hydrogens (tertiary/aromatic N) is 5. The molecule has 10 heteroatoms. The number of imidazole rings is 2. The Kier molecular flexibility index (Phi) is 5.21. The summed E-state index contributed by atoms with van der Waals surface area (Å²) in [5.74, 6) is 0.822. The van der Waals surface area contributed by atoms with E-state index in [2.05, 4.69) is 15.4 Å². The molecule has 1 aliphatic rings. The van der Waals surface area contributed by atoms with Crippen LogP contribution >= 0.6 is 23.2 Å². The Hall–Kier alpha value is -2.81. The Morgan fingerprint density at radius 1 is 1.06 bits per heavy atom. The van der Waals surface area contributed by atoms with Crippen molar-refractivity contribution in [3.63, 3.8) is 0 Å². The molecule has 5 rings (SSSR count). The van der Waals surface area contributed by atoms with Gasteiger partial charge in [-0.1, -0.05) is 23.2 Å². The molecule has 0 bridgehead atoms. The molecule has 0 amide bonds. The molecule has 0 spiro atoms. The predicted octanol–water partition coefficient (Wildman–Crippen LogP) is 4.53. The lowest BCUT2D eigenvalue weighted by atomic mass is 9.85. The SMILES string of the molecule is Nc1cc(Nc2ccc(-n3cnc(Cl)c3Cl)cc2)c2nc(C3CCC(N)CC3)cn2n1. The van der Waals surface area contributed by atoms with Crippen LogP contribution in [0, 0.1) is 0 Å². The summed E-state index contributed by atoms with van der Waals surface area (Å²) in [5.41, 5.74) is 16.4. The number of benzene rings is 1. The second kappa shape index (κ2) is 8.03. The Labute approximate surface area is 189 Å². The lowest BCUT2D eigenvalue weighted by Gasteiger charge is -2.24. The van der Waals surface area contributed by atoms with Crippen molar-refractivity contribution in [2.45, 2.75) is 37.6 Å². The van der Waals surface area contributed by atoms with Crippen LogP contribution in [-0.2, 0) is 0 Å². The first-order valence-corrected chi connectivity index (χ1v) is 10.9. The molecular formula is C21H22Cl2N8. The van der Waals surface area contributed by atoms with E-state index in [1.54, 1.807) is 21.5 Å². The smallest absolute Gasteiger partial charge is 0.177 e. The highest BCUT2D eigenvalue weighted by atomic mass is 35.5. The van der Waals surface area contributed by atoms with Crippen LogP contribution in [0.1, 0.15) is 37.3 Å². The Morgan fingerprint density at radius 2 is 1.81 bits per heavy atom. The number of aromatic nitrogens is 5. The van der Waals surface area contributed by atoms with E-state index < -0.39 is 0 Å². The zero-order chi connectivity index (χ0) is 21.5. The summed E-state index contributed by atoms with van der Waals surface area (Å²) in [6, 6.07) is 9.84. The summed E-state index contributed by atoms with van der Waals surface area (Å²) < 4.78 is 3.47. The van der Waals surface area contributed by atoms with Crippen molar-refractivity contribution in [1.82, 2.24) is 24.1 Å². The third-order valence-corrected chi connectivity index (χ3v) is 6.48. The second-order valence-corrected chi connectivity index (χ2v) is 8.61. The number of halogens is 2. The van der Waals surface area contributed by atoms with Crippen molar-refractivity contribution in [2.24, 2.45) is 5.73 Å². The van der Waals surface area contributed by atoms with Crippen molar-refractivity contribution in [1.29, 1.82) is 0 Å². The van der Waals surface area contributed by atoms with E-state index in [-0.39, 0.29) is 5.15 Å². The van der Waals surface area contributed by atoms with Gasteiger partial charge in [0, 0.05) is 29.4 Å². The number of nitrogens with one attached hydrogen (secondary N) is 1. The van der Waals surface area contributed by atoms with E-state index in [0.717, 1.165) is 54.1 Å². The fraction of sp³-hybridized carbons (Fsp3) is 0.286. The summed E-state index contributed by atoms with van der Waals surface area (Å²) in [4.78, 5) is 8.89. The molecule has 3 aromatic heterocycles. The maximum Gasteiger partial charge on any atom is 0.177 e. The zero-order valence-corrected chi connectivity index (χ0v) is 18.2. The Bertz CT molecular complexity index is 1220. The van der Waals surface area contributed by atoms with Gasteiger partial charge in [0.15, 0.2) is 16.0 Å². The third-order valence-electron chi connectivity index (χ3n) is 5.75. The van der Waals surface area contributed by atoms with Gasteiger partial charge < -0.3 is 16.8 Å². The molecule has 8 nitrogen and oxygen atoms in total. The topological polar surface area (TPSA) is 112 Å². The van der Waals surface area contributed by atoms with Gasteiger partial charge in [-0.15, -0.1) is 5.10 Å². The molecule has 31 heavy (non-hydrogen) atoms. The third kappa shape index (κ3) is 3.94. The van der Waals surface area contributed by atoms with Crippen LogP contribution in [0.15, 0.2) is 42.9 Å². The molecule has 1 saturated carbocycles.